The van der Waals surface area contributed by atoms with Crippen molar-refractivity contribution in [3.8, 4) is 50.8 Å². The van der Waals surface area contributed by atoms with Crippen molar-refractivity contribution < 1.29 is 4.42 Å². The number of para-hydroxylation sites is 6. The number of imidazole rings is 2. The van der Waals surface area contributed by atoms with Gasteiger partial charge in [-0.25, -0.2) is 23.8 Å². The van der Waals surface area contributed by atoms with Gasteiger partial charge in [0, 0.05) is 59.3 Å². The highest BCUT2D eigenvalue weighted by molar-refractivity contribution is 7.23. The van der Waals surface area contributed by atoms with E-state index >= 15 is 4.79 Å². The van der Waals surface area contributed by atoms with E-state index in [4.69, 9.17) is 24.4 Å². The molecule has 91 heavy (non-hydrogen) atoms. The van der Waals surface area contributed by atoms with Crippen molar-refractivity contribution in [3.05, 3.63) is 282 Å². The third-order valence-corrected chi connectivity index (χ3v) is 19.4. The monoisotopic (exact) mass is 1190 g/mol. The summed E-state index contributed by atoms with van der Waals surface area (Å²) in [5.41, 5.74) is 17.8. The Bertz CT molecular complexity index is 6710. The van der Waals surface area contributed by atoms with Crippen LogP contribution < -0.4 is 11.1 Å². The lowest BCUT2D eigenvalue weighted by molar-refractivity contribution is 0.616. The summed E-state index contributed by atoms with van der Waals surface area (Å²) in [6, 6.07) is 89.6. The predicted molar refractivity (Wildman–Crippen MR) is 369 cm³/mol. The number of hydrogen-bond donors (Lipinski definition) is 0. The van der Waals surface area contributed by atoms with Gasteiger partial charge in [0.05, 0.1) is 77.2 Å². The Morgan fingerprint density at radius 3 is 1.56 bits per heavy atom. The van der Waals surface area contributed by atoms with Gasteiger partial charge in [-0.2, -0.15) is 4.98 Å². The lowest BCUT2D eigenvalue weighted by atomic mass is 9.99. The smallest absolute Gasteiger partial charge is 0.310 e. The zero-order valence-corrected chi connectivity index (χ0v) is 48.8. The van der Waals surface area contributed by atoms with Gasteiger partial charge in [-0.3, -0.25) is 14.2 Å². The van der Waals surface area contributed by atoms with E-state index in [2.05, 4.69) is 190 Å². The third-order valence-electron chi connectivity index (χ3n) is 18.4. The van der Waals surface area contributed by atoms with Gasteiger partial charge in [0.1, 0.15) is 5.58 Å². The summed E-state index contributed by atoms with van der Waals surface area (Å²) < 4.78 is 17.1. The van der Waals surface area contributed by atoms with Crippen molar-refractivity contribution in [2.24, 2.45) is 0 Å². The standard InChI is InChI=1S/C78H43N9O3S/c88-74-54-25-10-14-29-71(54)90-77-80-61-40-58-52-23-9-13-28-64(52)85(68(58)43-69(61)86(74)77)76-79-60-26-11-7-24-53(60)73(82-76)48-17-15-16-44(36-48)47-30-33-55-72(39-47)91-78-81-62-41-59-57-38-46(32-35-66(57)84(50-20-5-2-6-21-50)67(59)42-70(62)87(78)75(55)89)45-31-34-65-56(37-45)51-22-8-12-27-63(51)83(65)49-18-3-1-4-19-49/h1-43H. The van der Waals surface area contributed by atoms with Crippen molar-refractivity contribution in [2.75, 3.05) is 0 Å². The summed E-state index contributed by atoms with van der Waals surface area (Å²) in [5, 5.41) is 8.46. The molecule has 0 amide bonds. The molecule has 12 aromatic carbocycles. The van der Waals surface area contributed by atoms with E-state index in [-0.39, 0.29) is 17.0 Å². The number of fused-ring (bicyclic) bond motifs is 18. The van der Waals surface area contributed by atoms with Crippen LogP contribution in [0, 0.1) is 0 Å². The fraction of sp³-hybridized carbons (Fsp3) is 0. The quantitative estimate of drug-likeness (QED) is 0.162. The molecule has 0 aliphatic carbocycles. The number of benzene rings is 12. The van der Waals surface area contributed by atoms with E-state index in [1.807, 2.05) is 72.8 Å². The minimum absolute atomic E-state index is 0.122. The van der Waals surface area contributed by atoms with Crippen LogP contribution in [0.4, 0.5) is 0 Å². The summed E-state index contributed by atoms with van der Waals surface area (Å²) in [7, 11) is 0. The fourth-order valence-corrected chi connectivity index (χ4v) is 15.3. The summed E-state index contributed by atoms with van der Waals surface area (Å²) in [6.07, 6.45) is 0. The van der Waals surface area contributed by atoms with E-state index in [1.165, 1.54) is 27.6 Å². The van der Waals surface area contributed by atoms with Gasteiger partial charge in [-0.1, -0.05) is 151 Å². The molecule has 0 atom stereocenters. The van der Waals surface area contributed by atoms with Crippen molar-refractivity contribution in [1.82, 2.24) is 42.4 Å². The molecule has 0 bridgehead atoms. The largest absolute Gasteiger partial charge is 0.424 e. The maximum absolute atomic E-state index is 15.0. The van der Waals surface area contributed by atoms with Crippen molar-refractivity contribution in [3.63, 3.8) is 0 Å². The molecule has 13 heteroatoms. The van der Waals surface area contributed by atoms with Crippen LogP contribution in [0.1, 0.15) is 0 Å². The molecular weight excluding hydrogens is 1140 g/mol. The highest BCUT2D eigenvalue weighted by atomic mass is 32.1. The topological polar surface area (TPSA) is 122 Å². The van der Waals surface area contributed by atoms with Crippen LogP contribution in [0.3, 0.4) is 0 Å². The van der Waals surface area contributed by atoms with Crippen molar-refractivity contribution in [2.45, 2.75) is 0 Å². The van der Waals surface area contributed by atoms with Gasteiger partial charge in [0.15, 0.2) is 4.96 Å². The van der Waals surface area contributed by atoms with E-state index in [0.29, 0.717) is 38.3 Å². The van der Waals surface area contributed by atoms with Crippen molar-refractivity contribution >= 4 is 142 Å². The molecule has 20 aromatic rings. The summed E-state index contributed by atoms with van der Waals surface area (Å²) >= 11 is 1.51. The molecule has 8 heterocycles. The van der Waals surface area contributed by atoms with Crippen LogP contribution in [-0.4, -0.2) is 42.4 Å². The van der Waals surface area contributed by atoms with Crippen LogP contribution >= 0.6 is 11.3 Å². The Kier molecular flexibility index (Phi) is 10.2. The predicted octanol–water partition coefficient (Wildman–Crippen LogP) is 18.2. The van der Waals surface area contributed by atoms with E-state index < -0.39 is 0 Å². The average Bonchev–Trinajstić information content (AvgIpc) is 1.62. The second-order valence-electron chi connectivity index (χ2n) is 23.3. The van der Waals surface area contributed by atoms with Crippen LogP contribution in [0.15, 0.2) is 275 Å². The molecule has 0 saturated heterocycles. The molecule has 0 aliphatic rings. The molecule has 0 aliphatic heterocycles. The highest BCUT2D eigenvalue weighted by Gasteiger charge is 2.24. The summed E-state index contributed by atoms with van der Waals surface area (Å²) in [6.45, 7) is 0. The average molecular weight is 1190 g/mol. The molecule has 0 unspecified atom stereocenters. The van der Waals surface area contributed by atoms with Crippen LogP contribution in [0.5, 0.6) is 0 Å². The maximum Gasteiger partial charge on any atom is 0.310 e. The Morgan fingerprint density at radius 2 is 0.824 bits per heavy atom. The normalized spacial score (nSPS) is 12.3. The molecule has 424 valence electrons. The lowest BCUT2D eigenvalue weighted by Gasteiger charge is -2.13. The minimum Gasteiger partial charge on any atom is -0.424 e. The molecule has 8 aromatic heterocycles. The molecule has 12 nitrogen and oxygen atoms in total. The summed E-state index contributed by atoms with van der Waals surface area (Å²) in [4.78, 5) is 50.6. The molecule has 0 fully saturated rings. The van der Waals surface area contributed by atoms with Gasteiger partial charge < -0.3 is 13.6 Å². The molecule has 0 saturated carbocycles. The highest BCUT2D eigenvalue weighted by Crippen LogP contribution is 2.42. The number of hydrogen-bond acceptors (Lipinski definition) is 8. The van der Waals surface area contributed by atoms with Gasteiger partial charge in [0.2, 0.25) is 5.95 Å². The first-order valence-electron chi connectivity index (χ1n) is 30.1. The van der Waals surface area contributed by atoms with E-state index in [1.54, 1.807) is 20.9 Å². The van der Waals surface area contributed by atoms with Crippen LogP contribution in [-0.2, 0) is 0 Å². The van der Waals surface area contributed by atoms with E-state index in [0.717, 1.165) is 121 Å². The first-order chi connectivity index (χ1) is 44.9. The second kappa shape index (κ2) is 18.6. The van der Waals surface area contributed by atoms with Gasteiger partial charge >= 0.3 is 5.84 Å². The molecule has 0 radical (unpaired) electrons. The molecule has 0 N–H and O–H groups in total. The first-order valence-corrected chi connectivity index (χ1v) is 30.9. The lowest BCUT2D eigenvalue weighted by Crippen LogP contribution is -2.12. The van der Waals surface area contributed by atoms with Crippen LogP contribution in [0.2, 0.25) is 0 Å². The van der Waals surface area contributed by atoms with Crippen LogP contribution in [0.25, 0.3) is 181 Å². The molecule has 0 spiro atoms. The van der Waals surface area contributed by atoms with Gasteiger partial charge in [-0.05, 0) is 144 Å². The zero-order valence-electron chi connectivity index (χ0n) is 48.0. The number of nitrogens with zero attached hydrogens (tertiary/aromatic N) is 9. The third kappa shape index (κ3) is 7.19. The number of aromatic nitrogens is 9. The maximum atomic E-state index is 15.0. The Labute approximate surface area is 517 Å². The fourth-order valence-electron chi connectivity index (χ4n) is 14.2. The van der Waals surface area contributed by atoms with E-state index in [9.17, 15) is 4.79 Å². The van der Waals surface area contributed by atoms with Crippen molar-refractivity contribution in [1.29, 1.82) is 0 Å². The Hall–Kier alpha value is -12.3. The first kappa shape index (κ1) is 49.8. The second-order valence-corrected chi connectivity index (χ2v) is 24.4. The Balaban J connectivity index is 0.709. The molecular formula is C78H43N9O3S. The minimum atomic E-state index is -0.204. The molecule has 20 rings (SSSR count). The Morgan fingerprint density at radius 1 is 0.308 bits per heavy atom. The summed E-state index contributed by atoms with van der Waals surface area (Å²) in [5.74, 6) is 0.707. The van der Waals surface area contributed by atoms with Gasteiger partial charge in [-0.15, -0.1) is 0 Å². The number of rotatable bonds is 6. The van der Waals surface area contributed by atoms with Gasteiger partial charge in [0.25, 0.3) is 11.1 Å². The zero-order chi connectivity index (χ0) is 59.7. The SMILES string of the molecule is O=c1c2ccccc2oc2nc3cc4c5ccccc5n(-c5nc(-c6cccc(-c7ccc8c(=O)n9c(nc%10cc%11c%12cc(-c%13ccc%14c(c%13)c%13ccccc%13n%14-c%13ccccc%13)ccc%12n(-c%12ccccc%12)c%11cc%109)sc8c7)c6)c6ccccc6n5)c4cc3n12.